The van der Waals surface area contributed by atoms with E-state index in [0.717, 1.165) is 5.56 Å². The second-order valence-electron chi connectivity index (χ2n) is 4.94. The van der Waals surface area contributed by atoms with Crippen molar-refractivity contribution in [2.75, 3.05) is 13.7 Å². The second kappa shape index (κ2) is 5.77. The number of rotatable bonds is 2. The molecule has 0 saturated carbocycles. The van der Waals surface area contributed by atoms with E-state index >= 15 is 0 Å². The molecule has 3 rings (SSSR count). The number of methoxy groups -OCH3 is 1. The largest absolute Gasteiger partial charge is 0.387 e. The highest BCUT2D eigenvalue weighted by atomic mass is 16.7. The van der Waals surface area contributed by atoms with Crippen LogP contribution in [0.3, 0.4) is 0 Å². The number of hydrogen-bond acceptors (Lipinski definition) is 6. The van der Waals surface area contributed by atoms with E-state index in [4.69, 9.17) is 18.9 Å². The van der Waals surface area contributed by atoms with Crippen LogP contribution in [0.2, 0.25) is 0 Å². The molecule has 0 aliphatic carbocycles. The lowest BCUT2D eigenvalue weighted by atomic mass is 9.98. The summed E-state index contributed by atoms with van der Waals surface area (Å²) in [7, 11) is 1.41. The predicted octanol–water partition coefficient (Wildman–Crippen LogP) is 0.194. The van der Waals surface area contributed by atoms with Gasteiger partial charge in [0.25, 0.3) is 0 Å². The average Bonchev–Trinajstić information content (AvgIpc) is 2.51. The Kier molecular flexibility index (Phi) is 4.02. The third-order valence-corrected chi connectivity index (χ3v) is 3.64. The molecule has 2 aliphatic heterocycles. The second-order valence-corrected chi connectivity index (χ2v) is 4.94. The maximum atomic E-state index is 10.1. The van der Waals surface area contributed by atoms with Gasteiger partial charge in [-0.15, -0.1) is 0 Å². The number of aliphatic hydroxyl groups is 2. The molecule has 110 valence electrons. The fourth-order valence-electron chi connectivity index (χ4n) is 2.55. The van der Waals surface area contributed by atoms with Gasteiger partial charge in [0.05, 0.1) is 6.61 Å². The third-order valence-electron chi connectivity index (χ3n) is 3.64. The van der Waals surface area contributed by atoms with Crippen LogP contribution in [0.4, 0.5) is 0 Å². The molecule has 2 N–H and O–H groups in total. The molecule has 6 nitrogen and oxygen atoms in total. The summed E-state index contributed by atoms with van der Waals surface area (Å²) in [6.45, 7) is 0.272. The van der Waals surface area contributed by atoms with Gasteiger partial charge in [0.2, 0.25) is 0 Å². The number of ether oxygens (including phenoxy) is 4. The molecule has 2 aliphatic rings. The zero-order valence-corrected chi connectivity index (χ0v) is 11.1. The smallest absolute Gasteiger partial charge is 0.186 e. The van der Waals surface area contributed by atoms with E-state index < -0.39 is 37.0 Å². The van der Waals surface area contributed by atoms with Gasteiger partial charge in [-0.3, -0.25) is 0 Å². The minimum absolute atomic E-state index is 0.272. The first-order valence-corrected chi connectivity index (χ1v) is 6.57. The fourth-order valence-corrected chi connectivity index (χ4v) is 2.55. The Morgan fingerprint density at radius 3 is 2.55 bits per heavy atom. The Bertz CT molecular complexity index is 437. The van der Waals surface area contributed by atoms with Gasteiger partial charge >= 0.3 is 0 Å². The number of hydrogen-bond donors (Lipinski definition) is 2. The van der Waals surface area contributed by atoms with Crippen LogP contribution in [0.25, 0.3) is 0 Å². The summed E-state index contributed by atoms with van der Waals surface area (Å²) in [5.74, 6) is 0. The van der Waals surface area contributed by atoms with Crippen molar-refractivity contribution in [3.05, 3.63) is 35.9 Å². The topological polar surface area (TPSA) is 77.4 Å². The molecular weight excluding hydrogens is 264 g/mol. The van der Waals surface area contributed by atoms with Gasteiger partial charge in [-0.25, -0.2) is 0 Å². The van der Waals surface area contributed by atoms with Crippen molar-refractivity contribution in [1.82, 2.24) is 0 Å². The lowest BCUT2D eigenvalue weighted by Crippen LogP contribution is -2.62. The van der Waals surface area contributed by atoms with Crippen LogP contribution in [0.5, 0.6) is 0 Å². The quantitative estimate of drug-likeness (QED) is 0.806. The Hall–Kier alpha value is -1.02. The van der Waals surface area contributed by atoms with Crippen LogP contribution in [0.1, 0.15) is 11.9 Å². The van der Waals surface area contributed by atoms with Gasteiger partial charge in [-0.1, -0.05) is 30.3 Å². The molecule has 20 heavy (non-hydrogen) atoms. The van der Waals surface area contributed by atoms with Crippen molar-refractivity contribution in [2.24, 2.45) is 0 Å². The van der Waals surface area contributed by atoms with Gasteiger partial charge in [-0.2, -0.15) is 0 Å². The molecule has 2 fully saturated rings. The molecule has 2 saturated heterocycles. The molecule has 1 aromatic rings. The van der Waals surface area contributed by atoms with E-state index in [-0.39, 0.29) is 6.61 Å². The monoisotopic (exact) mass is 282 g/mol. The maximum absolute atomic E-state index is 10.1. The molecule has 0 bridgehead atoms. The first kappa shape index (κ1) is 13.9. The first-order valence-electron chi connectivity index (χ1n) is 6.57. The molecule has 1 aromatic carbocycles. The summed E-state index contributed by atoms with van der Waals surface area (Å²) < 4.78 is 21.9. The van der Waals surface area contributed by atoms with Crippen LogP contribution in [0, 0.1) is 0 Å². The molecule has 0 radical (unpaired) electrons. The molecule has 0 spiro atoms. The van der Waals surface area contributed by atoms with Crippen molar-refractivity contribution in [2.45, 2.75) is 37.0 Å². The Morgan fingerprint density at radius 2 is 1.85 bits per heavy atom. The number of fused-ring (bicyclic) bond motifs is 1. The van der Waals surface area contributed by atoms with Crippen molar-refractivity contribution in [1.29, 1.82) is 0 Å². The van der Waals surface area contributed by atoms with E-state index in [9.17, 15) is 10.2 Å². The Balaban J connectivity index is 1.74. The fraction of sp³-hybridized carbons (Fsp3) is 0.571. The molecule has 2 heterocycles. The van der Waals surface area contributed by atoms with Crippen LogP contribution in [0.15, 0.2) is 30.3 Å². The summed E-state index contributed by atoms with van der Waals surface area (Å²) in [6.07, 6.45) is -4.76. The minimum Gasteiger partial charge on any atom is -0.387 e. The highest BCUT2D eigenvalue weighted by Gasteiger charge is 2.48. The molecule has 6 heteroatoms. The lowest BCUT2D eigenvalue weighted by Gasteiger charge is -2.45. The standard InChI is InChI=1S/C14H18O6/c1-17-14-11(16)10(15)12-9(19-14)7-18-13(20-12)8-5-3-2-4-6-8/h2-6,9-16H,7H2,1H3/t9-,10-,11-,12-,13?,14?/m1/s1. The average molecular weight is 282 g/mol. The molecule has 6 atom stereocenters. The summed E-state index contributed by atoms with van der Waals surface area (Å²) in [5, 5.41) is 20.1. The summed E-state index contributed by atoms with van der Waals surface area (Å²) >= 11 is 0. The van der Waals surface area contributed by atoms with Crippen LogP contribution in [-0.4, -0.2) is 54.6 Å². The molecule has 0 amide bonds. The third kappa shape index (κ3) is 2.46. The van der Waals surface area contributed by atoms with Crippen molar-refractivity contribution >= 4 is 0 Å². The normalized spacial score (nSPS) is 41.1. The number of benzene rings is 1. The Morgan fingerprint density at radius 1 is 1.10 bits per heavy atom. The maximum Gasteiger partial charge on any atom is 0.186 e. The van der Waals surface area contributed by atoms with Gasteiger partial charge in [-0.05, 0) is 0 Å². The van der Waals surface area contributed by atoms with Gasteiger partial charge in [0.1, 0.15) is 24.4 Å². The highest BCUT2D eigenvalue weighted by molar-refractivity contribution is 5.16. The zero-order valence-electron chi connectivity index (χ0n) is 11.1. The Labute approximate surface area is 116 Å². The van der Waals surface area contributed by atoms with E-state index in [2.05, 4.69) is 0 Å². The van der Waals surface area contributed by atoms with E-state index in [1.807, 2.05) is 30.3 Å². The van der Waals surface area contributed by atoms with Crippen LogP contribution >= 0.6 is 0 Å². The SMILES string of the molecule is COC1O[C@@H]2COC(c3ccccc3)O[C@H]2[C@H](O)[C@H]1O. The van der Waals surface area contributed by atoms with Crippen molar-refractivity contribution in [3.8, 4) is 0 Å². The molecular formula is C14H18O6. The van der Waals surface area contributed by atoms with Crippen LogP contribution in [-0.2, 0) is 18.9 Å². The number of aliphatic hydroxyl groups excluding tert-OH is 2. The molecule has 2 unspecified atom stereocenters. The van der Waals surface area contributed by atoms with Crippen LogP contribution < -0.4 is 0 Å². The minimum atomic E-state index is -1.14. The summed E-state index contributed by atoms with van der Waals surface area (Å²) in [5.41, 5.74) is 0.863. The zero-order chi connectivity index (χ0) is 14.1. The summed E-state index contributed by atoms with van der Waals surface area (Å²) in [4.78, 5) is 0. The van der Waals surface area contributed by atoms with Gasteiger partial charge < -0.3 is 29.2 Å². The first-order chi connectivity index (χ1) is 9.70. The van der Waals surface area contributed by atoms with E-state index in [1.54, 1.807) is 0 Å². The van der Waals surface area contributed by atoms with Gasteiger partial charge in [0.15, 0.2) is 12.6 Å². The molecule has 0 aromatic heterocycles. The van der Waals surface area contributed by atoms with Crippen molar-refractivity contribution < 1.29 is 29.2 Å². The van der Waals surface area contributed by atoms with E-state index in [0.29, 0.717) is 0 Å². The van der Waals surface area contributed by atoms with Gasteiger partial charge in [0, 0.05) is 12.7 Å². The predicted molar refractivity (Wildman–Crippen MR) is 67.7 cm³/mol. The summed E-state index contributed by atoms with van der Waals surface area (Å²) in [6, 6.07) is 9.45. The highest BCUT2D eigenvalue weighted by Crippen LogP contribution is 2.33. The van der Waals surface area contributed by atoms with E-state index in [1.165, 1.54) is 7.11 Å². The lowest BCUT2D eigenvalue weighted by molar-refractivity contribution is -0.358. The van der Waals surface area contributed by atoms with Crippen molar-refractivity contribution in [3.63, 3.8) is 0 Å².